The molecule has 8 nitrogen and oxygen atoms in total. The molecule has 10 heteroatoms. The average Bonchev–Trinajstić information content (AvgIpc) is 2.75. The van der Waals surface area contributed by atoms with Crippen LogP contribution in [-0.2, 0) is 26.6 Å². The first-order valence-electron chi connectivity index (χ1n) is 11.8. The second-order valence-electron chi connectivity index (χ2n) is 7.70. The maximum atomic E-state index is 6.09. The molecule has 0 rings (SSSR count). The van der Waals surface area contributed by atoms with Gasteiger partial charge in [0.15, 0.2) is 0 Å². The zero-order valence-corrected chi connectivity index (χ0v) is 23.5. The van der Waals surface area contributed by atoms with Crippen molar-refractivity contribution in [1.29, 1.82) is 0 Å². The lowest BCUT2D eigenvalue weighted by molar-refractivity contribution is 0.0551. The zero-order chi connectivity index (χ0) is 24.2. The van der Waals surface area contributed by atoms with Gasteiger partial charge in [0.1, 0.15) is 0 Å². The average molecular weight is 485 g/mol. The third-order valence-corrected chi connectivity index (χ3v) is 10.9. The van der Waals surface area contributed by atoms with Crippen LogP contribution in [0.25, 0.3) is 0 Å². The van der Waals surface area contributed by atoms with E-state index in [1.54, 1.807) is 21.3 Å². The Kier molecular flexibility index (Phi) is 22.2. The van der Waals surface area contributed by atoms with E-state index in [0.717, 1.165) is 44.9 Å². The lowest BCUT2D eigenvalue weighted by Crippen LogP contribution is -2.58. The molecule has 0 bridgehead atoms. The molecule has 0 aromatic heterocycles. The van der Waals surface area contributed by atoms with E-state index in [2.05, 4.69) is 20.8 Å². The van der Waals surface area contributed by atoms with E-state index >= 15 is 0 Å². The van der Waals surface area contributed by atoms with Gasteiger partial charge in [0.25, 0.3) is 0 Å². The van der Waals surface area contributed by atoms with Crippen molar-refractivity contribution in [2.45, 2.75) is 97.3 Å². The smallest absolute Gasteiger partial charge is 0.376 e. The van der Waals surface area contributed by atoms with Crippen LogP contribution in [-0.4, -0.2) is 70.5 Å². The van der Waals surface area contributed by atoms with Gasteiger partial charge in [-0.1, -0.05) is 47.0 Å². The van der Waals surface area contributed by atoms with Gasteiger partial charge in [-0.05, 0) is 32.6 Å². The molecule has 0 aliphatic rings. The fraction of sp³-hybridized carbons (Fsp3) is 1.00. The summed E-state index contributed by atoms with van der Waals surface area (Å²) in [5.41, 5.74) is 11.6. The monoisotopic (exact) mass is 484 g/mol. The number of hydrogen-bond acceptors (Lipinski definition) is 8. The van der Waals surface area contributed by atoms with Crippen LogP contribution in [0.3, 0.4) is 0 Å². The van der Waals surface area contributed by atoms with E-state index in [1.165, 1.54) is 0 Å². The Balaban J connectivity index is 0. The maximum Gasteiger partial charge on any atom is 0.517 e. The van der Waals surface area contributed by atoms with E-state index < -0.39 is 17.6 Å². The van der Waals surface area contributed by atoms with Crippen LogP contribution in [0.15, 0.2) is 0 Å². The lowest BCUT2D eigenvalue weighted by Gasteiger charge is -2.31. The largest absolute Gasteiger partial charge is 0.517 e. The van der Waals surface area contributed by atoms with Crippen LogP contribution in [0, 0.1) is 0 Å². The number of hydrogen-bond donors (Lipinski definition) is 2. The molecule has 0 radical (unpaired) electrons. The number of rotatable bonds is 19. The van der Waals surface area contributed by atoms with Gasteiger partial charge in [-0.3, -0.25) is 0 Å². The Morgan fingerprint density at radius 1 is 0.677 bits per heavy atom. The summed E-state index contributed by atoms with van der Waals surface area (Å²) in [7, 11) is -0.446. The highest BCUT2D eigenvalue weighted by Crippen LogP contribution is 2.19. The third-order valence-electron chi connectivity index (χ3n) is 4.78. The summed E-state index contributed by atoms with van der Waals surface area (Å²) in [4.78, 5) is 0. The predicted octanol–water partition coefficient (Wildman–Crippen LogP) is 3.86. The second kappa shape index (κ2) is 20.7. The molecule has 2 atom stereocenters. The summed E-state index contributed by atoms with van der Waals surface area (Å²) in [5.74, 6) is 0. The SMILES string of the molecule is CCC(N)[Si](OC)(OC)OC.CCCCO[Si](CC(C)N)(OCCCC)OCCCC. The first-order valence-corrected chi connectivity index (χ1v) is 15.6. The molecular formula is C21H52N2O6Si2. The van der Waals surface area contributed by atoms with Crippen molar-refractivity contribution < 1.29 is 26.6 Å². The second-order valence-corrected chi connectivity index (χ2v) is 13.5. The minimum absolute atomic E-state index is 0.0477. The van der Waals surface area contributed by atoms with Gasteiger partial charge in [-0.15, -0.1) is 0 Å². The van der Waals surface area contributed by atoms with E-state index in [4.69, 9.17) is 38.0 Å². The van der Waals surface area contributed by atoms with Crippen LogP contribution in [0.1, 0.15) is 79.6 Å². The fourth-order valence-electron chi connectivity index (χ4n) is 2.77. The van der Waals surface area contributed by atoms with E-state index in [-0.39, 0.29) is 11.7 Å². The van der Waals surface area contributed by atoms with Crippen molar-refractivity contribution in [3.05, 3.63) is 0 Å². The first-order chi connectivity index (χ1) is 14.8. The van der Waals surface area contributed by atoms with Crippen molar-refractivity contribution in [2.24, 2.45) is 11.5 Å². The zero-order valence-electron chi connectivity index (χ0n) is 21.5. The van der Waals surface area contributed by atoms with Gasteiger partial charge in [0.05, 0.1) is 5.67 Å². The molecule has 0 heterocycles. The van der Waals surface area contributed by atoms with E-state index in [1.807, 2.05) is 13.8 Å². The topological polar surface area (TPSA) is 107 Å². The van der Waals surface area contributed by atoms with Crippen molar-refractivity contribution in [3.8, 4) is 0 Å². The van der Waals surface area contributed by atoms with Crippen molar-refractivity contribution in [3.63, 3.8) is 0 Å². The Bertz CT molecular complexity index is 356. The van der Waals surface area contributed by atoms with Gasteiger partial charge < -0.3 is 38.0 Å². The molecular weight excluding hydrogens is 432 g/mol. The third kappa shape index (κ3) is 14.8. The number of nitrogens with two attached hydrogens (primary N) is 2. The van der Waals surface area contributed by atoms with Crippen molar-refractivity contribution in [1.82, 2.24) is 0 Å². The van der Waals surface area contributed by atoms with Gasteiger partial charge >= 0.3 is 17.6 Å². The van der Waals surface area contributed by atoms with Gasteiger partial charge in [-0.2, -0.15) is 0 Å². The summed E-state index contributed by atoms with van der Waals surface area (Å²) in [5, 5.41) is 0. The first kappa shape index (κ1) is 33.3. The molecule has 0 aliphatic heterocycles. The summed E-state index contributed by atoms with van der Waals surface area (Å²) in [6, 6.07) is 0.760. The molecule has 0 saturated heterocycles. The Labute approximate surface area is 194 Å². The molecule has 0 aromatic rings. The molecule has 0 saturated carbocycles. The molecule has 0 fully saturated rings. The quantitative estimate of drug-likeness (QED) is 0.210. The summed E-state index contributed by atoms with van der Waals surface area (Å²) in [6.07, 6.45) is 7.28. The molecule has 4 N–H and O–H groups in total. The van der Waals surface area contributed by atoms with Gasteiger partial charge in [0, 0.05) is 53.2 Å². The van der Waals surface area contributed by atoms with E-state index in [9.17, 15) is 0 Å². The Morgan fingerprint density at radius 3 is 1.23 bits per heavy atom. The van der Waals surface area contributed by atoms with Gasteiger partial charge in [0.2, 0.25) is 0 Å². The molecule has 0 aliphatic carbocycles. The van der Waals surface area contributed by atoms with Crippen LogP contribution in [0.4, 0.5) is 0 Å². The highest BCUT2D eigenvalue weighted by molar-refractivity contribution is 6.62. The molecule has 190 valence electrons. The normalized spacial score (nSPS) is 14.1. The highest BCUT2D eigenvalue weighted by Gasteiger charge is 2.44. The molecule has 2 unspecified atom stereocenters. The lowest BCUT2D eigenvalue weighted by atomic mass is 10.4. The minimum atomic E-state index is -2.60. The Morgan fingerprint density at radius 2 is 1.03 bits per heavy atom. The van der Waals surface area contributed by atoms with Crippen LogP contribution >= 0.6 is 0 Å². The standard InChI is InChI=1S/C15H35NO3Si.C6H17NO3Si/c1-5-8-11-17-20(14-15(4)16,18-12-9-6-2)19-13-10-7-3;1-5-6(7)11(8-2,9-3)10-4/h15H,5-14,16H2,1-4H3;6H,5,7H2,1-4H3. The van der Waals surface area contributed by atoms with Gasteiger partial charge in [-0.25, -0.2) is 0 Å². The molecule has 0 aromatic carbocycles. The maximum absolute atomic E-state index is 6.09. The summed E-state index contributed by atoms with van der Waals surface area (Å²) < 4.78 is 33.7. The van der Waals surface area contributed by atoms with Crippen molar-refractivity contribution >= 4 is 17.6 Å². The molecule has 0 spiro atoms. The van der Waals surface area contributed by atoms with E-state index in [0.29, 0.717) is 25.9 Å². The van der Waals surface area contributed by atoms with Crippen LogP contribution in [0.2, 0.25) is 6.04 Å². The number of unbranched alkanes of at least 4 members (excludes halogenated alkanes) is 3. The molecule has 0 amide bonds. The highest BCUT2D eigenvalue weighted by atomic mass is 28.4. The van der Waals surface area contributed by atoms with Crippen LogP contribution < -0.4 is 11.5 Å². The molecule has 31 heavy (non-hydrogen) atoms. The predicted molar refractivity (Wildman–Crippen MR) is 132 cm³/mol. The van der Waals surface area contributed by atoms with Crippen molar-refractivity contribution in [2.75, 3.05) is 41.2 Å². The Hall–Kier alpha value is 0.114. The fourth-order valence-corrected chi connectivity index (χ4v) is 7.43. The minimum Gasteiger partial charge on any atom is -0.376 e. The summed E-state index contributed by atoms with van der Waals surface area (Å²) >= 11 is 0. The summed E-state index contributed by atoms with van der Waals surface area (Å²) in [6.45, 7) is 12.6. The van der Waals surface area contributed by atoms with Crippen LogP contribution in [0.5, 0.6) is 0 Å².